The van der Waals surface area contributed by atoms with E-state index in [0.717, 1.165) is 5.56 Å². The van der Waals surface area contributed by atoms with Crippen LogP contribution in [0.4, 0.5) is 5.69 Å². The fraction of sp³-hybridized carbons (Fsp3) is 0.267. The van der Waals surface area contributed by atoms with E-state index in [0.29, 0.717) is 27.8 Å². The molecule has 2 aromatic rings. The molecule has 110 valence electrons. The van der Waals surface area contributed by atoms with E-state index < -0.39 is 0 Å². The lowest BCUT2D eigenvalue weighted by Crippen LogP contribution is -2.24. The van der Waals surface area contributed by atoms with Crippen LogP contribution in [0.5, 0.6) is 0 Å². The number of carbonyl (C=O) groups excluding carboxylic acids is 1. The van der Waals surface area contributed by atoms with Crippen LogP contribution in [-0.4, -0.2) is 15.9 Å². The van der Waals surface area contributed by atoms with Gasteiger partial charge in [0.1, 0.15) is 5.82 Å². The average Bonchev–Trinajstić information content (AvgIpc) is 2.38. The number of benzene rings is 1. The first-order chi connectivity index (χ1) is 9.86. The molecule has 0 radical (unpaired) electrons. The minimum atomic E-state index is -0.280. The number of hydrogen-bond donors (Lipinski definition) is 2. The molecule has 0 spiro atoms. The highest BCUT2D eigenvalue weighted by Crippen LogP contribution is 2.20. The molecule has 1 amide bonds. The van der Waals surface area contributed by atoms with Gasteiger partial charge in [0.05, 0.1) is 6.42 Å². The molecule has 2 N–H and O–H groups in total. The summed E-state index contributed by atoms with van der Waals surface area (Å²) >= 11 is 5.91. The number of hydrogen-bond acceptors (Lipinski definition) is 3. The third-order valence-electron chi connectivity index (χ3n) is 3.15. The number of nitrogens with one attached hydrogen (secondary N) is 2. The van der Waals surface area contributed by atoms with Gasteiger partial charge in [0.15, 0.2) is 0 Å². The predicted octanol–water partition coefficient (Wildman–Crippen LogP) is 2.53. The summed E-state index contributed by atoms with van der Waals surface area (Å²) in [6, 6.07) is 5.26. The minimum absolute atomic E-state index is 0.0274. The van der Waals surface area contributed by atoms with Gasteiger partial charge in [-0.1, -0.05) is 17.7 Å². The van der Waals surface area contributed by atoms with Crippen molar-refractivity contribution < 1.29 is 4.79 Å². The Bertz CT molecular complexity index is 753. The van der Waals surface area contributed by atoms with Crippen LogP contribution in [0, 0.1) is 20.8 Å². The van der Waals surface area contributed by atoms with E-state index in [2.05, 4.69) is 15.3 Å². The Labute approximate surface area is 127 Å². The number of nitrogens with zero attached hydrogens (tertiary/aromatic N) is 1. The molecule has 0 atom stereocenters. The maximum atomic E-state index is 12.1. The van der Waals surface area contributed by atoms with Crippen molar-refractivity contribution in [2.24, 2.45) is 0 Å². The molecule has 21 heavy (non-hydrogen) atoms. The van der Waals surface area contributed by atoms with Crippen LogP contribution in [0.1, 0.15) is 22.6 Å². The summed E-state index contributed by atoms with van der Waals surface area (Å²) in [5.41, 5.74) is 2.20. The smallest absolute Gasteiger partial charge is 0.254 e. The number of rotatable bonds is 3. The van der Waals surface area contributed by atoms with E-state index in [-0.39, 0.29) is 17.9 Å². The van der Waals surface area contributed by atoms with E-state index in [9.17, 15) is 9.59 Å². The Hall–Kier alpha value is -2.14. The SMILES string of the molecule is Cc1nc(C)c(CC(=O)Nc2cc(Cl)ccc2C)c(=O)[nH]1. The first-order valence-corrected chi connectivity index (χ1v) is 6.87. The van der Waals surface area contributed by atoms with Crippen molar-refractivity contribution in [3.8, 4) is 0 Å². The molecule has 0 bridgehead atoms. The van der Waals surface area contributed by atoms with E-state index in [1.165, 1.54) is 0 Å². The number of H-pyrrole nitrogens is 1. The number of anilines is 1. The zero-order valence-corrected chi connectivity index (χ0v) is 12.8. The molecule has 0 aliphatic heterocycles. The molecule has 0 aliphatic rings. The summed E-state index contributed by atoms with van der Waals surface area (Å²) in [5.74, 6) is 0.256. The molecule has 1 aromatic carbocycles. The van der Waals surface area contributed by atoms with Crippen molar-refractivity contribution in [2.75, 3.05) is 5.32 Å². The monoisotopic (exact) mass is 305 g/mol. The normalized spacial score (nSPS) is 10.5. The number of aromatic nitrogens is 2. The second kappa shape index (κ2) is 6.10. The Kier molecular flexibility index (Phi) is 4.43. The van der Waals surface area contributed by atoms with Gasteiger partial charge in [0.25, 0.3) is 5.56 Å². The highest BCUT2D eigenvalue weighted by molar-refractivity contribution is 6.31. The van der Waals surface area contributed by atoms with Crippen molar-refractivity contribution >= 4 is 23.2 Å². The lowest BCUT2D eigenvalue weighted by molar-refractivity contribution is -0.115. The Morgan fingerprint density at radius 1 is 1.33 bits per heavy atom. The Morgan fingerprint density at radius 3 is 2.71 bits per heavy atom. The van der Waals surface area contributed by atoms with E-state index in [1.54, 1.807) is 26.0 Å². The van der Waals surface area contributed by atoms with Gasteiger partial charge in [0, 0.05) is 22.0 Å². The van der Waals surface area contributed by atoms with Crippen LogP contribution in [0.2, 0.25) is 5.02 Å². The lowest BCUT2D eigenvalue weighted by atomic mass is 10.1. The second-order valence-corrected chi connectivity index (χ2v) is 5.34. The maximum Gasteiger partial charge on any atom is 0.254 e. The minimum Gasteiger partial charge on any atom is -0.326 e. The summed E-state index contributed by atoms with van der Waals surface area (Å²) in [6.45, 7) is 5.29. The summed E-state index contributed by atoms with van der Waals surface area (Å²) < 4.78 is 0. The highest BCUT2D eigenvalue weighted by Gasteiger charge is 2.12. The van der Waals surface area contributed by atoms with E-state index >= 15 is 0 Å². The first kappa shape index (κ1) is 15.3. The number of aromatic amines is 1. The van der Waals surface area contributed by atoms with E-state index in [1.807, 2.05) is 13.0 Å². The quantitative estimate of drug-likeness (QED) is 0.915. The Balaban J connectivity index is 2.20. The number of amides is 1. The Morgan fingerprint density at radius 2 is 2.05 bits per heavy atom. The number of halogens is 1. The summed E-state index contributed by atoms with van der Waals surface area (Å²) in [7, 11) is 0. The van der Waals surface area contributed by atoms with Gasteiger partial charge >= 0.3 is 0 Å². The molecular formula is C15H16ClN3O2. The van der Waals surface area contributed by atoms with Gasteiger partial charge in [-0.3, -0.25) is 9.59 Å². The second-order valence-electron chi connectivity index (χ2n) is 4.90. The van der Waals surface area contributed by atoms with E-state index in [4.69, 9.17) is 11.6 Å². The van der Waals surface area contributed by atoms with Gasteiger partial charge in [-0.25, -0.2) is 4.98 Å². The van der Waals surface area contributed by atoms with Crippen molar-refractivity contribution in [3.05, 3.63) is 56.2 Å². The molecule has 2 rings (SSSR count). The van der Waals surface area contributed by atoms with Gasteiger partial charge in [-0.2, -0.15) is 0 Å². The van der Waals surface area contributed by atoms with Crippen molar-refractivity contribution in [1.82, 2.24) is 9.97 Å². The number of carbonyl (C=O) groups is 1. The molecule has 1 aromatic heterocycles. The molecule has 0 unspecified atom stereocenters. The van der Waals surface area contributed by atoms with Crippen LogP contribution < -0.4 is 10.9 Å². The van der Waals surface area contributed by atoms with Crippen LogP contribution in [-0.2, 0) is 11.2 Å². The molecule has 0 aliphatic carbocycles. The van der Waals surface area contributed by atoms with Crippen LogP contribution >= 0.6 is 11.6 Å². The van der Waals surface area contributed by atoms with Crippen molar-refractivity contribution in [2.45, 2.75) is 27.2 Å². The van der Waals surface area contributed by atoms with Gasteiger partial charge < -0.3 is 10.3 Å². The summed E-state index contributed by atoms with van der Waals surface area (Å²) in [4.78, 5) is 30.7. The van der Waals surface area contributed by atoms with Gasteiger partial charge in [-0.05, 0) is 38.5 Å². The van der Waals surface area contributed by atoms with Crippen molar-refractivity contribution in [3.63, 3.8) is 0 Å². The predicted molar refractivity (Wildman–Crippen MR) is 82.9 cm³/mol. The molecule has 0 saturated heterocycles. The maximum absolute atomic E-state index is 12.1. The molecular weight excluding hydrogens is 290 g/mol. The average molecular weight is 306 g/mol. The topological polar surface area (TPSA) is 74.8 Å². The first-order valence-electron chi connectivity index (χ1n) is 6.49. The summed E-state index contributed by atoms with van der Waals surface area (Å²) in [5, 5.41) is 3.31. The zero-order valence-electron chi connectivity index (χ0n) is 12.1. The molecule has 6 heteroatoms. The fourth-order valence-corrected chi connectivity index (χ4v) is 2.22. The highest BCUT2D eigenvalue weighted by atomic mass is 35.5. The molecule has 5 nitrogen and oxygen atoms in total. The lowest BCUT2D eigenvalue weighted by Gasteiger charge is -2.09. The third-order valence-corrected chi connectivity index (χ3v) is 3.39. The summed E-state index contributed by atoms with van der Waals surface area (Å²) in [6.07, 6.45) is -0.0274. The molecule has 1 heterocycles. The van der Waals surface area contributed by atoms with Crippen LogP contribution in [0.25, 0.3) is 0 Å². The third kappa shape index (κ3) is 3.70. The molecule has 0 fully saturated rings. The largest absolute Gasteiger partial charge is 0.326 e. The van der Waals surface area contributed by atoms with Crippen LogP contribution in [0.3, 0.4) is 0 Å². The number of aryl methyl sites for hydroxylation is 3. The van der Waals surface area contributed by atoms with Gasteiger partial charge in [-0.15, -0.1) is 0 Å². The van der Waals surface area contributed by atoms with Crippen molar-refractivity contribution in [1.29, 1.82) is 0 Å². The standard InChI is InChI=1S/C15H16ClN3O2/c1-8-4-5-11(16)6-13(8)19-14(20)7-12-9(2)17-10(3)18-15(12)21/h4-6H,7H2,1-3H3,(H,19,20)(H,17,18,21). The zero-order chi connectivity index (χ0) is 15.6. The van der Waals surface area contributed by atoms with Gasteiger partial charge in [0.2, 0.25) is 5.91 Å². The molecule has 0 saturated carbocycles. The fourth-order valence-electron chi connectivity index (χ4n) is 2.04. The van der Waals surface area contributed by atoms with Crippen LogP contribution in [0.15, 0.2) is 23.0 Å².